The molecule has 0 bridgehead atoms. The largest absolute Gasteiger partial charge is 0.493 e. The Labute approximate surface area is 112 Å². The molecule has 0 radical (unpaired) electrons. The van der Waals surface area contributed by atoms with Gasteiger partial charge in [0.25, 0.3) is 0 Å². The van der Waals surface area contributed by atoms with Crippen molar-refractivity contribution in [2.75, 3.05) is 21.3 Å². The van der Waals surface area contributed by atoms with Gasteiger partial charge in [0.15, 0.2) is 11.5 Å². The van der Waals surface area contributed by atoms with Gasteiger partial charge in [0.05, 0.1) is 21.3 Å². The molecular formula is C14H16N2O3. The van der Waals surface area contributed by atoms with E-state index in [1.54, 1.807) is 39.8 Å². The molecule has 0 N–H and O–H groups in total. The molecule has 0 fully saturated rings. The lowest BCUT2D eigenvalue weighted by Gasteiger charge is -2.13. The quantitative estimate of drug-likeness (QED) is 0.824. The van der Waals surface area contributed by atoms with E-state index in [1.165, 1.54) is 0 Å². The molecular weight excluding hydrogens is 244 g/mol. The molecule has 1 heterocycles. The summed E-state index contributed by atoms with van der Waals surface area (Å²) < 4.78 is 15.9. The molecule has 5 heteroatoms. The zero-order valence-electron chi connectivity index (χ0n) is 11.2. The third-order valence-electron chi connectivity index (χ3n) is 2.71. The Bertz CT molecular complexity index is 519. The molecule has 0 unspecified atom stereocenters. The van der Waals surface area contributed by atoms with Crippen LogP contribution >= 0.6 is 0 Å². The van der Waals surface area contributed by atoms with Crippen LogP contribution in [0.5, 0.6) is 17.2 Å². The topological polar surface area (TPSA) is 53.5 Å². The van der Waals surface area contributed by atoms with E-state index in [4.69, 9.17) is 14.2 Å². The van der Waals surface area contributed by atoms with Gasteiger partial charge in [-0.05, 0) is 23.8 Å². The van der Waals surface area contributed by atoms with E-state index in [0.717, 1.165) is 11.4 Å². The van der Waals surface area contributed by atoms with Crippen molar-refractivity contribution in [2.24, 2.45) is 0 Å². The Morgan fingerprint density at radius 3 is 1.95 bits per heavy atom. The van der Waals surface area contributed by atoms with Gasteiger partial charge >= 0.3 is 0 Å². The van der Waals surface area contributed by atoms with Crippen molar-refractivity contribution in [1.82, 2.24) is 9.97 Å². The smallest absolute Gasteiger partial charge is 0.203 e. The first kappa shape index (κ1) is 13.1. The third kappa shape index (κ3) is 2.93. The van der Waals surface area contributed by atoms with Crippen LogP contribution in [0.3, 0.4) is 0 Å². The van der Waals surface area contributed by atoms with Crippen LogP contribution in [0.25, 0.3) is 0 Å². The highest BCUT2D eigenvalue weighted by atomic mass is 16.5. The highest BCUT2D eigenvalue weighted by Gasteiger charge is 2.13. The van der Waals surface area contributed by atoms with Gasteiger partial charge in [-0.15, -0.1) is 0 Å². The molecule has 2 rings (SSSR count). The lowest BCUT2D eigenvalue weighted by Crippen LogP contribution is -1.99. The Morgan fingerprint density at radius 1 is 0.895 bits per heavy atom. The molecule has 100 valence electrons. The minimum atomic E-state index is 0.586. The molecule has 0 saturated carbocycles. The zero-order chi connectivity index (χ0) is 13.7. The molecule has 0 spiro atoms. The molecule has 0 aliphatic carbocycles. The van der Waals surface area contributed by atoms with E-state index in [1.807, 2.05) is 12.1 Å². The fourth-order valence-corrected chi connectivity index (χ4v) is 1.84. The maximum Gasteiger partial charge on any atom is 0.203 e. The highest BCUT2D eigenvalue weighted by molar-refractivity contribution is 5.54. The van der Waals surface area contributed by atoms with Crippen LogP contribution in [-0.4, -0.2) is 31.3 Å². The van der Waals surface area contributed by atoms with Crippen LogP contribution in [0.2, 0.25) is 0 Å². The second-order valence-corrected chi connectivity index (χ2v) is 3.88. The standard InChI is InChI=1S/C14H16N2O3/c1-17-11-7-10(8-12(18-2)14(11)19-3)9-13-15-5-4-6-16-13/h4-8H,9H2,1-3H3. The molecule has 19 heavy (non-hydrogen) atoms. The van der Waals surface area contributed by atoms with E-state index in [9.17, 15) is 0 Å². The van der Waals surface area contributed by atoms with Gasteiger partial charge in [0, 0.05) is 18.8 Å². The first-order valence-corrected chi connectivity index (χ1v) is 5.83. The molecule has 0 saturated heterocycles. The second kappa shape index (κ2) is 6.04. The number of methoxy groups -OCH3 is 3. The molecule has 0 amide bonds. The maximum atomic E-state index is 5.31. The number of hydrogen-bond donors (Lipinski definition) is 0. The molecule has 0 aliphatic rings. The number of hydrogen-bond acceptors (Lipinski definition) is 5. The van der Waals surface area contributed by atoms with Crippen LogP contribution < -0.4 is 14.2 Å². The minimum absolute atomic E-state index is 0.586. The van der Waals surface area contributed by atoms with Crippen LogP contribution in [0.1, 0.15) is 11.4 Å². The van der Waals surface area contributed by atoms with E-state index in [2.05, 4.69) is 9.97 Å². The predicted octanol–water partition coefficient (Wildman–Crippen LogP) is 2.09. The molecule has 5 nitrogen and oxygen atoms in total. The predicted molar refractivity (Wildman–Crippen MR) is 70.9 cm³/mol. The summed E-state index contributed by atoms with van der Waals surface area (Å²) in [7, 11) is 4.78. The van der Waals surface area contributed by atoms with Crippen LogP contribution in [0.4, 0.5) is 0 Å². The minimum Gasteiger partial charge on any atom is -0.493 e. The van der Waals surface area contributed by atoms with Gasteiger partial charge in [-0.2, -0.15) is 0 Å². The number of benzene rings is 1. The maximum absolute atomic E-state index is 5.31. The lowest BCUT2D eigenvalue weighted by molar-refractivity contribution is 0.324. The summed E-state index contributed by atoms with van der Waals surface area (Å²) in [6.45, 7) is 0. The monoisotopic (exact) mass is 260 g/mol. The molecule has 1 aromatic carbocycles. The van der Waals surface area contributed by atoms with Crippen molar-refractivity contribution in [3.8, 4) is 17.2 Å². The number of nitrogens with zero attached hydrogens (tertiary/aromatic N) is 2. The summed E-state index contributed by atoms with van der Waals surface area (Å²) in [6, 6.07) is 5.59. The van der Waals surface area contributed by atoms with Crippen molar-refractivity contribution in [2.45, 2.75) is 6.42 Å². The lowest BCUT2D eigenvalue weighted by atomic mass is 10.1. The Morgan fingerprint density at radius 2 is 1.47 bits per heavy atom. The SMILES string of the molecule is COc1cc(Cc2ncccn2)cc(OC)c1OC. The van der Waals surface area contributed by atoms with Crippen molar-refractivity contribution in [3.05, 3.63) is 42.0 Å². The summed E-state index contributed by atoms with van der Waals surface area (Å²) in [5.74, 6) is 2.60. The summed E-state index contributed by atoms with van der Waals surface area (Å²) in [6.07, 6.45) is 4.05. The van der Waals surface area contributed by atoms with Gasteiger partial charge in [-0.3, -0.25) is 0 Å². The van der Waals surface area contributed by atoms with Crippen LogP contribution in [-0.2, 0) is 6.42 Å². The van der Waals surface area contributed by atoms with E-state index in [0.29, 0.717) is 23.7 Å². The van der Waals surface area contributed by atoms with Gasteiger partial charge in [-0.25, -0.2) is 9.97 Å². The molecule has 0 aliphatic heterocycles. The molecule has 2 aromatic rings. The third-order valence-corrected chi connectivity index (χ3v) is 2.71. The zero-order valence-corrected chi connectivity index (χ0v) is 11.2. The average Bonchev–Trinajstić information content (AvgIpc) is 2.47. The van der Waals surface area contributed by atoms with E-state index < -0.39 is 0 Å². The molecule has 1 aromatic heterocycles. The van der Waals surface area contributed by atoms with Crippen LogP contribution in [0.15, 0.2) is 30.6 Å². The number of ether oxygens (including phenoxy) is 3. The summed E-state index contributed by atoms with van der Waals surface area (Å²) in [5.41, 5.74) is 1.00. The fourth-order valence-electron chi connectivity index (χ4n) is 1.84. The van der Waals surface area contributed by atoms with Crippen molar-refractivity contribution in [1.29, 1.82) is 0 Å². The van der Waals surface area contributed by atoms with E-state index >= 15 is 0 Å². The first-order valence-electron chi connectivity index (χ1n) is 5.83. The summed E-state index contributed by atoms with van der Waals surface area (Å²) in [5, 5.41) is 0. The second-order valence-electron chi connectivity index (χ2n) is 3.88. The number of rotatable bonds is 5. The summed E-state index contributed by atoms with van der Waals surface area (Å²) in [4.78, 5) is 8.41. The Balaban J connectivity index is 2.36. The Hall–Kier alpha value is -2.30. The summed E-state index contributed by atoms with van der Waals surface area (Å²) >= 11 is 0. The van der Waals surface area contributed by atoms with Gasteiger partial charge in [0.1, 0.15) is 5.82 Å². The average molecular weight is 260 g/mol. The fraction of sp³-hybridized carbons (Fsp3) is 0.286. The van der Waals surface area contributed by atoms with Crippen LogP contribution in [0, 0.1) is 0 Å². The van der Waals surface area contributed by atoms with Crippen molar-refractivity contribution >= 4 is 0 Å². The van der Waals surface area contributed by atoms with Crippen molar-refractivity contribution in [3.63, 3.8) is 0 Å². The Kier molecular flexibility index (Phi) is 4.18. The van der Waals surface area contributed by atoms with Gasteiger partial charge < -0.3 is 14.2 Å². The number of aromatic nitrogens is 2. The first-order chi connectivity index (χ1) is 9.28. The van der Waals surface area contributed by atoms with E-state index in [-0.39, 0.29) is 0 Å². The highest BCUT2D eigenvalue weighted by Crippen LogP contribution is 2.38. The van der Waals surface area contributed by atoms with Crippen molar-refractivity contribution < 1.29 is 14.2 Å². The molecule has 0 atom stereocenters. The van der Waals surface area contributed by atoms with Gasteiger partial charge in [0.2, 0.25) is 5.75 Å². The normalized spacial score (nSPS) is 10.1. The van der Waals surface area contributed by atoms with Gasteiger partial charge in [-0.1, -0.05) is 0 Å².